The van der Waals surface area contributed by atoms with Crippen molar-refractivity contribution in [3.8, 4) is 0 Å². The number of carbonyl (C=O) groups excluding carboxylic acids is 2. The first-order chi connectivity index (χ1) is 8.79. The molecule has 0 radical (unpaired) electrons. The summed E-state index contributed by atoms with van der Waals surface area (Å²) in [7, 11) is 0. The van der Waals surface area contributed by atoms with E-state index in [-0.39, 0.29) is 6.54 Å². The van der Waals surface area contributed by atoms with Crippen molar-refractivity contribution >= 4 is 11.8 Å². The van der Waals surface area contributed by atoms with Crippen molar-refractivity contribution < 1.29 is 22.8 Å². The summed E-state index contributed by atoms with van der Waals surface area (Å²) in [6, 6.07) is 4.38. The van der Waals surface area contributed by atoms with Crippen molar-refractivity contribution in [2.24, 2.45) is 0 Å². The molecule has 0 saturated heterocycles. The van der Waals surface area contributed by atoms with E-state index in [1.165, 1.54) is 25.1 Å². The molecule has 1 aliphatic rings. The normalized spacial score (nSPS) is 16.0. The highest BCUT2D eigenvalue weighted by Gasteiger charge is 2.31. The van der Waals surface area contributed by atoms with Crippen LogP contribution in [0.1, 0.15) is 18.1 Å². The Labute approximate surface area is 107 Å². The molecule has 1 heterocycles. The fourth-order valence-electron chi connectivity index (χ4n) is 1.77. The van der Waals surface area contributed by atoms with E-state index in [2.05, 4.69) is 0 Å². The van der Waals surface area contributed by atoms with Crippen LogP contribution in [0.15, 0.2) is 35.9 Å². The van der Waals surface area contributed by atoms with Gasteiger partial charge in [-0.3, -0.25) is 14.5 Å². The number of imide groups is 1. The van der Waals surface area contributed by atoms with Gasteiger partial charge in [-0.1, -0.05) is 12.1 Å². The maximum atomic E-state index is 12.4. The number of rotatable bonds is 2. The monoisotopic (exact) mass is 269 g/mol. The van der Waals surface area contributed by atoms with Crippen molar-refractivity contribution in [1.82, 2.24) is 4.90 Å². The molecule has 1 aromatic rings. The summed E-state index contributed by atoms with van der Waals surface area (Å²) in [4.78, 5) is 24.1. The Morgan fingerprint density at radius 2 is 1.68 bits per heavy atom. The highest BCUT2D eigenvalue weighted by Crippen LogP contribution is 2.29. The van der Waals surface area contributed by atoms with Gasteiger partial charge in [-0.25, -0.2) is 0 Å². The van der Waals surface area contributed by atoms with Crippen LogP contribution < -0.4 is 0 Å². The van der Waals surface area contributed by atoms with E-state index in [4.69, 9.17) is 0 Å². The van der Waals surface area contributed by atoms with Crippen LogP contribution in [0.25, 0.3) is 0 Å². The molecule has 0 unspecified atom stereocenters. The van der Waals surface area contributed by atoms with Crippen molar-refractivity contribution in [3.05, 3.63) is 47.0 Å². The van der Waals surface area contributed by atoms with Gasteiger partial charge in [-0.05, 0) is 24.6 Å². The lowest BCUT2D eigenvalue weighted by Gasteiger charge is -2.15. The van der Waals surface area contributed by atoms with Gasteiger partial charge >= 0.3 is 6.18 Å². The van der Waals surface area contributed by atoms with Gasteiger partial charge in [0.15, 0.2) is 0 Å². The zero-order valence-electron chi connectivity index (χ0n) is 9.99. The van der Waals surface area contributed by atoms with Crippen LogP contribution in [0.3, 0.4) is 0 Å². The second-order valence-electron chi connectivity index (χ2n) is 4.25. The number of hydrogen-bond donors (Lipinski definition) is 0. The number of amides is 2. The first-order valence-corrected chi connectivity index (χ1v) is 5.49. The zero-order chi connectivity index (χ0) is 14.2. The molecule has 0 fully saturated rings. The van der Waals surface area contributed by atoms with E-state index >= 15 is 0 Å². The molecule has 1 aliphatic heterocycles. The molecule has 0 saturated carbocycles. The van der Waals surface area contributed by atoms with Gasteiger partial charge in [-0.15, -0.1) is 0 Å². The second kappa shape index (κ2) is 4.53. The van der Waals surface area contributed by atoms with E-state index in [1.807, 2.05) is 0 Å². The third-order valence-corrected chi connectivity index (χ3v) is 2.81. The molecular weight excluding hydrogens is 259 g/mol. The molecule has 3 nitrogen and oxygen atoms in total. The van der Waals surface area contributed by atoms with E-state index in [0.29, 0.717) is 11.1 Å². The van der Waals surface area contributed by atoms with Crippen molar-refractivity contribution in [2.45, 2.75) is 19.6 Å². The Bertz CT molecular complexity index is 558. The lowest BCUT2D eigenvalue weighted by Crippen LogP contribution is -2.30. The summed E-state index contributed by atoms with van der Waals surface area (Å²) in [6.07, 6.45) is -3.18. The molecule has 6 heteroatoms. The summed E-state index contributed by atoms with van der Waals surface area (Å²) >= 11 is 0. The predicted octanol–water partition coefficient (Wildman–Crippen LogP) is 2.52. The molecule has 19 heavy (non-hydrogen) atoms. The molecule has 0 bridgehead atoms. The SMILES string of the molecule is CC1=CC(=O)N(Cc2ccc(C(F)(F)F)cc2)C1=O. The van der Waals surface area contributed by atoms with Gasteiger partial charge in [0.05, 0.1) is 12.1 Å². The zero-order valence-corrected chi connectivity index (χ0v) is 9.99. The lowest BCUT2D eigenvalue weighted by atomic mass is 10.1. The van der Waals surface area contributed by atoms with Crippen molar-refractivity contribution in [1.29, 1.82) is 0 Å². The highest BCUT2D eigenvalue weighted by molar-refractivity contribution is 6.15. The van der Waals surface area contributed by atoms with Crippen molar-refractivity contribution in [3.63, 3.8) is 0 Å². The molecule has 0 spiro atoms. The number of halogens is 3. The van der Waals surface area contributed by atoms with E-state index in [1.54, 1.807) is 0 Å². The number of nitrogens with zero attached hydrogens (tertiary/aromatic N) is 1. The fraction of sp³-hybridized carbons (Fsp3) is 0.231. The van der Waals surface area contributed by atoms with E-state index < -0.39 is 23.6 Å². The maximum Gasteiger partial charge on any atom is 0.416 e. The van der Waals surface area contributed by atoms with E-state index in [0.717, 1.165) is 17.0 Å². The standard InChI is InChI=1S/C13H10F3NO2/c1-8-6-11(18)17(12(8)19)7-9-2-4-10(5-3-9)13(14,15)16/h2-6H,7H2,1H3. The van der Waals surface area contributed by atoms with Gasteiger partial charge in [0.1, 0.15) is 0 Å². The summed E-state index contributed by atoms with van der Waals surface area (Å²) in [5.41, 5.74) is 0.0411. The molecule has 0 aliphatic carbocycles. The van der Waals surface area contributed by atoms with Gasteiger partial charge in [-0.2, -0.15) is 13.2 Å². The van der Waals surface area contributed by atoms with E-state index in [9.17, 15) is 22.8 Å². The lowest BCUT2D eigenvalue weighted by molar-refractivity contribution is -0.139. The van der Waals surface area contributed by atoms with Crippen LogP contribution in [-0.4, -0.2) is 16.7 Å². The third kappa shape index (κ3) is 2.67. The number of hydrogen-bond acceptors (Lipinski definition) is 2. The summed E-state index contributed by atoms with van der Waals surface area (Å²) in [6.45, 7) is 1.50. The Morgan fingerprint density at radius 1 is 1.11 bits per heavy atom. The van der Waals surface area contributed by atoms with Gasteiger partial charge in [0.2, 0.25) is 0 Å². The molecule has 0 aromatic heterocycles. The van der Waals surface area contributed by atoms with Gasteiger partial charge < -0.3 is 0 Å². The van der Waals surface area contributed by atoms with Crippen LogP contribution in [0.2, 0.25) is 0 Å². The Kier molecular flexibility index (Phi) is 3.18. The average Bonchev–Trinajstić information content (AvgIpc) is 2.56. The molecule has 2 rings (SSSR count). The first-order valence-electron chi connectivity index (χ1n) is 5.49. The summed E-state index contributed by atoms with van der Waals surface area (Å²) < 4.78 is 37.1. The summed E-state index contributed by atoms with van der Waals surface area (Å²) in [5, 5.41) is 0. The Balaban J connectivity index is 2.13. The van der Waals surface area contributed by atoms with Crippen LogP contribution >= 0.6 is 0 Å². The molecular formula is C13H10F3NO2. The van der Waals surface area contributed by atoms with Gasteiger partial charge in [0.25, 0.3) is 11.8 Å². The Hall–Kier alpha value is -2.11. The fourth-order valence-corrected chi connectivity index (χ4v) is 1.77. The Morgan fingerprint density at radius 3 is 2.11 bits per heavy atom. The van der Waals surface area contributed by atoms with Crippen LogP contribution in [-0.2, 0) is 22.3 Å². The van der Waals surface area contributed by atoms with Gasteiger partial charge in [0, 0.05) is 11.6 Å². The number of benzene rings is 1. The number of carbonyl (C=O) groups is 2. The minimum atomic E-state index is -4.39. The highest BCUT2D eigenvalue weighted by atomic mass is 19.4. The van der Waals surface area contributed by atoms with Crippen LogP contribution in [0.5, 0.6) is 0 Å². The second-order valence-corrected chi connectivity index (χ2v) is 4.25. The minimum Gasteiger partial charge on any atom is -0.271 e. The molecule has 1 aromatic carbocycles. The third-order valence-electron chi connectivity index (χ3n) is 2.81. The predicted molar refractivity (Wildman–Crippen MR) is 60.8 cm³/mol. The minimum absolute atomic E-state index is 0.0242. The molecule has 100 valence electrons. The molecule has 2 amide bonds. The molecule has 0 N–H and O–H groups in total. The largest absolute Gasteiger partial charge is 0.416 e. The smallest absolute Gasteiger partial charge is 0.271 e. The topological polar surface area (TPSA) is 37.4 Å². The van der Waals surface area contributed by atoms with Crippen molar-refractivity contribution in [2.75, 3.05) is 0 Å². The van der Waals surface area contributed by atoms with Crippen LogP contribution in [0, 0.1) is 0 Å². The average molecular weight is 269 g/mol. The number of alkyl halides is 3. The maximum absolute atomic E-state index is 12.4. The summed E-state index contributed by atoms with van der Waals surface area (Å²) in [5.74, 6) is -0.854. The first kappa shape index (κ1) is 13.3. The quantitative estimate of drug-likeness (QED) is 0.774. The van der Waals surface area contributed by atoms with Crippen LogP contribution in [0.4, 0.5) is 13.2 Å². The molecule has 0 atom stereocenters.